The molecule has 52 heavy (non-hydrogen) atoms. The van der Waals surface area contributed by atoms with Crippen LogP contribution in [-0.4, -0.2) is 56.5 Å². The molecule has 0 aliphatic heterocycles. The molecule has 0 saturated heterocycles. The van der Waals surface area contributed by atoms with Gasteiger partial charge in [-0.25, -0.2) is 0 Å². The van der Waals surface area contributed by atoms with Crippen LogP contribution in [0.2, 0.25) is 0 Å². The summed E-state index contributed by atoms with van der Waals surface area (Å²) in [6, 6.07) is 56.1. The standard InChI is InChI=1S/C30H28O4P2.C14H16N.Pd/c1-33-29(31)27(35(23-15-7-3-8-16-23)24-17-9-4-10-18-24)28(30(32)34-2)36(25-19-11-5-12-20-25)26-21-13-6-14-22-26;1-11(15(2)3)13-10-6-8-12-7-4-5-9-14(12)13;/h3-22,27-28H,1-2H3;4-9,11H,1-3H3;/q;-1;/t27-,28-;11-;/m00./s1. The Morgan fingerprint density at radius 1 is 0.558 bits per heavy atom. The van der Waals surface area contributed by atoms with Gasteiger partial charge in [0.15, 0.2) is 0 Å². The third-order valence-corrected chi connectivity index (χ3v) is 14.6. The van der Waals surface area contributed by atoms with Gasteiger partial charge < -0.3 is 14.4 Å². The molecule has 0 heterocycles. The van der Waals surface area contributed by atoms with Crippen LogP contribution < -0.4 is 21.2 Å². The molecule has 0 aromatic heterocycles. The van der Waals surface area contributed by atoms with Crippen molar-refractivity contribution in [1.82, 2.24) is 4.90 Å². The van der Waals surface area contributed by atoms with Gasteiger partial charge in [-0.3, -0.25) is 9.59 Å². The Hall–Kier alpha value is -4.00. The number of carbonyl (C=O) groups excluding carboxylic acids is 2. The van der Waals surface area contributed by atoms with Crippen LogP contribution in [0.5, 0.6) is 0 Å². The summed E-state index contributed by atoms with van der Waals surface area (Å²) in [6.07, 6.45) is 0. The minimum atomic E-state index is -1.31. The van der Waals surface area contributed by atoms with Crippen molar-refractivity contribution in [3.8, 4) is 0 Å². The summed E-state index contributed by atoms with van der Waals surface area (Å²) in [4.78, 5) is 29.7. The Morgan fingerprint density at radius 2 is 0.904 bits per heavy atom. The van der Waals surface area contributed by atoms with Crippen molar-refractivity contribution >= 4 is 59.8 Å². The Labute approximate surface area is 324 Å². The number of hydrogen-bond acceptors (Lipinski definition) is 5. The fraction of sp³-hybridized carbons (Fsp3) is 0.182. The summed E-state index contributed by atoms with van der Waals surface area (Å²) in [5.74, 6) is -0.827. The SMILES string of the molecule is COC(=O)[C@H]([C@@H](C(=O)OC)P(c1ccccc1)c1ccccc1)P(c1ccccc1)c1ccccc1.C[C@@H](c1[c-]ccc2ccccc12)N(C)C.[Pd]. The molecule has 6 rings (SSSR count). The van der Waals surface area contributed by atoms with Gasteiger partial charge in [-0.05, 0) is 58.1 Å². The minimum Gasteiger partial charge on any atom is -0.468 e. The van der Waals surface area contributed by atoms with Gasteiger partial charge in [-0.15, -0.1) is 22.4 Å². The molecule has 6 aromatic rings. The smallest absolute Gasteiger partial charge is 0.314 e. The molecule has 5 nitrogen and oxygen atoms in total. The van der Waals surface area contributed by atoms with Gasteiger partial charge in [0, 0.05) is 26.5 Å². The van der Waals surface area contributed by atoms with Crippen molar-refractivity contribution in [1.29, 1.82) is 0 Å². The minimum absolute atomic E-state index is 0. The maximum atomic E-state index is 13.7. The summed E-state index contributed by atoms with van der Waals surface area (Å²) < 4.78 is 10.8. The number of benzene rings is 6. The van der Waals surface area contributed by atoms with Gasteiger partial charge in [0.1, 0.15) is 11.3 Å². The molecule has 0 N–H and O–H groups in total. The van der Waals surface area contributed by atoms with Crippen LogP contribution in [0.1, 0.15) is 18.5 Å². The number of rotatable bonds is 11. The van der Waals surface area contributed by atoms with Crippen molar-refractivity contribution in [3.63, 3.8) is 0 Å². The van der Waals surface area contributed by atoms with Gasteiger partial charge in [-0.1, -0.05) is 140 Å². The summed E-state index contributed by atoms with van der Waals surface area (Å²) in [6.45, 7) is 2.21. The van der Waals surface area contributed by atoms with Crippen molar-refractivity contribution in [3.05, 3.63) is 169 Å². The normalized spacial score (nSPS) is 12.6. The molecule has 0 amide bonds. The topological polar surface area (TPSA) is 55.8 Å². The summed E-state index contributed by atoms with van der Waals surface area (Å²) in [5.41, 5.74) is -0.236. The van der Waals surface area contributed by atoms with Crippen molar-refractivity contribution in [2.75, 3.05) is 28.3 Å². The molecular formula is C44H44NO4P2Pd-. The maximum Gasteiger partial charge on any atom is 0.314 e. The molecule has 0 aliphatic carbocycles. The molecule has 0 bridgehead atoms. The van der Waals surface area contributed by atoms with E-state index in [2.05, 4.69) is 62.3 Å². The van der Waals surface area contributed by atoms with E-state index in [-0.39, 0.29) is 20.4 Å². The third kappa shape index (κ3) is 9.90. The zero-order valence-electron chi connectivity index (χ0n) is 30.0. The van der Waals surface area contributed by atoms with Crippen molar-refractivity contribution < 1.29 is 39.5 Å². The largest absolute Gasteiger partial charge is 0.468 e. The first kappa shape index (κ1) is 40.8. The van der Waals surface area contributed by atoms with E-state index in [0.717, 1.165) is 21.2 Å². The second kappa shape index (κ2) is 20.3. The van der Waals surface area contributed by atoms with Crippen LogP contribution in [0.25, 0.3) is 10.8 Å². The van der Waals surface area contributed by atoms with Crippen molar-refractivity contribution in [2.45, 2.75) is 24.3 Å². The van der Waals surface area contributed by atoms with E-state index in [4.69, 9.17) is 9.47 Å². The predicted molar refractivity (Wildman–Crippen MR) is 215 cm³/mol. The second-order valence-electron chi connectivity index (χ2n) is 12.1. The van der Waals surface area contributed by atoms with E-state index in [1.54, 1.807) is 0 Å². The summed E-state index contributed by atoms with van der Waals surface area (Å²) in [5, 5.41) is 6.59. The van der Waals surface area contributed by atoms with E-state index in [9.17, 15) is 9.59 Å². The van der Waals surface area contributed by atoms with Gasteiger partial charge >= 0.3 is 11.9 Å². The Balaban J connectivity index is 0.000000316. The molecular weight excluding hydrogens is 775 g/mol. The molecule has 0 radical (unpaired) electrons. The number of carbonyl (C=O) groups is 2. The molecule has 0 fully saturated rings. The fourth-order valence-electron chi connectivity index (χ4n) is 6.08. The van der Waals surface area contributed by atoms with E-state index in [1.165, 1.54) is 30.6 Å². The molecule has 0 aliphatic rings. The maximum absolute atomic E-state index is 13.7. The van der Waals surface area contributed by atoms with Crippen LogP contribution in [0.15, 0.2) is 158 Å². The van der Waals surface area contributed by atoms with E-state index >= 15 is 0 Å². The first-order valence-electron chi connectivity index (χ1n) is 16.9. The molecule has 6 aromatic carbocycles. The van der Waals surface area contributed by atoms with E-state index in [0.29, 0.717) is 6.04 Å². The van der Waals surface area contributed by atoms with E-state index < -0.39 is 39.1 Å². The molecule has 0 spiro atoms. The van der Waals surface area contributed by atoms with Crippen LogP contribution in [0.3, 0.4) is 0 Å². The van der Waals surface area contributed by atoms with Crippen LogP contribution in [-0.2, 0) is 39.5 Å². The first-order valence-corrected chi connectivity index (χ1v) is 19.7. The molecule has 270 valence electrons. The number of hydrogen-bond donors (Lipinski definition) is 0. The Bertz CT molecular complexity index is 1800. The van der Waals surface area contributed by atoms with Gasteiger partial charge in [0.25, 0.3) is 0 Å². The number of esters is 2. The zero-order chi connectivity index (χ0) is 36.2. The molecule has 8 heteroatoms. The molecule has 0 saturated carbocycles. The van der Waals surface area contributed by atoms with Gasteiger partial charge in [0.05, 0.1) is 14.2 Å². The average molecular weight is 819 g/mol. The molecule has 0 unspecified atom stereocenters. The summed E-state index contributed by atoms with van der Waals surface area (Å²) >= 11 is 0. The average Bonchev–Trinajstić information content (AvgIpc) is 3.19. The zero-order valence-corrected chi connectivity index (χ0v) is 33.4. The summed E-state index contributed by atoms with van der Waals surface area (Å²) in [7, 11) is 4.35. The van der Waals surface area contributed by atoms with Crippen LogP contribution >= 0.6 is 15.8 Å². The van der Waals surface area contributed by atoms with Gasteiger partial charge in [0.2, 0.25) is 0 Å². The monoisotopic (exact) mass is 818 g/mol. The third-order valence-electron chi connectivity index (χ3n) is 8.82. The quantitative estimate of drug-likeness (QED) is 0.0584. The predicted octanol–water partition coefficient (Wildman–Crippen LogP) is 7.60. The number of ether oxygens (including phenoxy) is 2. The number of fused-ring (bicyclic) bond motifs is 1. The van der Waals surface area contributed by atoms with Crippen molar-refractivity contribution in [2.24, 2.45) is 0 Å². The number of methoxy groups -OCH3 is 2. The van der Waals surface area contributed by atoms with Gasteiger partial charge in [-0.2, -0.15) is 18.2 Å². The molecule has 3 atom stereocenters. The number of nitrogens with zero attached hydrogens (tertiary/aromatic N) is 1. The second-order valence-corrected chi connectivity index (χ2v) is 16.8. The van der Waals surface area contributed by atoms with E-state index in [1.807, 2.05) is 127 Å². The van der Waals surface area contributed by atoms with Crippen LogP contribution in [0.4, 0.5) is 0 Å². The Morgan fingerprint density at radius 3 is 1.25 bits per heavy atom. The van der Waals surface area contributed by atoms with Crippen LogP contribution in [0, 0.1) is 6.07 Å². The Kier molecular flexibility index (Phi) is 15.9. The first-order chi connectivity index (χ1) is 24.8. The fourth-order valence-corrected chi connectivity index (χ4v) is 12.2.